The van der Waals surface area contributed by atoms with Crippen LogP contribution in [0, 0.1) is 0 Å². The third-order valence-electron chi connectivity index (χ3n) is 5.01. The molecule has 1 fully saturated rings. The summed E-state index contributed by atoms with van der Waals surface area (Å²) in [5.41, 5.74) is 1.02. The van der Waals surface area contributed by atoms with Gasteiger partial charge in [-0.25, -0.2) is 0 Å². The quantitative estimate of drug-likeness (QED) is 0.498. The molecule has 1 aliphatic heterocycles. The van der Waals surface area contributed by atoms with Crippen LogP contribution < -0.4 is 14.2 Å². The lowest BCUT2D eigenvalue weighted by atomic mass is 9.98. The van der Waals surface area contributed by atoms with Crippen molar-refractivity contribution in [2.75, 3.05) is 26.8 Å². The highest BCUT2D eigenvalue weighted by atomic mass is 35.5. The molecule has 0 aliphatic carbocycles. The lowest BCUT2D eigenvalue weighted by Crippen LogP contribution is -2.29. The highest BCUT2D eigenvalue weighted by Gasteiger charge is 2.31. The van der Waals surface area contributed by atoms with Crippen molar-refractivity contribution in [3.63, 3.8) is 0 Å². The monoisotopic (exact) mass is 427 g/mol. The Morgan fingerprint density at radius 2 is 2.03 bits per heavy atom. The van der Waals surface area contributed by atoms with Gasteiger partial charge in [-0.15, -0.1) is 0 Å². The van der Waals surface area contributed by atoms with Crippen LogP contribution in [0.4, 0.5) is 0 Å². The summed E-state index contributed by atoms with van der Waals surface area (Å²) in [6.45, 7) is 1.56. The number of likely N-dealkylation sites (tertiary alicyclic amines) is 1. The standard InChI is InChI=1S/C23H22ClNO5/c1-27-20-8-7-16(12-21(20)30-23-6-3-10-29-23)17-13-22(26)25(15-17)9-11-28-19-5-2-4-18(24)14-19/h2-8,10,12,14,17H,9,11,13,15H2,1H3/t17-/m1/s1. The molecule has 7 heteroatoms. The Kier molecular flexibility index (Phi) is 6.14. The van der Waals surface area contributed by atoms with Gasteiger partial charge in [0.2, 0.25) is 5.91 Å². The van der Waals surface area contributed by atoms with Gasteiger partial charge in [0.25, 0.3) is 5.95 Å². The summed E-state index contributed by atoms with van der Waals surface area (Å²) < 4.78 is 22.2. The van der Waals surface area contributed by atoms with Crippen LogP contribution in [0.2, 0.25) is 5.02 Å². The van der Waals surface area contributed by atoms with E-state index in [0.717, 1.165) is 5.56 Å². The van der Waals surface area contributed by atoms with Crippen LogP contribution in [-0.4, -0.2) is 37.6 Å². The van der Waals surface area contributed by atoms with Crippen molar-refractivity contribution in [2.45, 2.75) is 12.3 Å². The van der Waals surface area contributed by atoms with Gasteiger partial charge in [0.1, 0.15) is 12.4 Å². The Bertz CT molecular complexity index is 1000. The Balaban J connectivity index is 1.39. The van der Waals surface area contributed by atoms with E-state index in [2.05, 4.69) is 0 Å². The van der Waals surface area contributed by atoms with Gasteiger partial charge in [-0.1, -0.05) is 23.7 Å². The van der Waals surface area contributed by atoms with Gasteiger partial charge in [-0.3, -0.25) is 4.79 Å². The molecule has 1 amide bonds. The number of nitrogens with zero attached hydrogens (tertiary/aromatic N) is 1. The van der Waals surface area contributed by atoms with Crippen molar-refractivity contribution in [1.29, 1.82) is 0 Å². The third kappa shape index (κ3) is 4.71. The largest absolute Gasteiger partial charge is 0.493 e. The predicted molar refractivity (Wildman–Crippen MR) is 113 cm³/mol. The first-order valence-corrected chi connectivity index (χ1v) is 10.1. The Hall–Kier alpha value is -3.12. The Morgan fingerprint density at radius 1 is 1.13 bits per heavy atom. The fraction of sp³-hybridized carbons (Fsp3) is 0.261. The maximum Gasteiger partial charge on any atom is 0.289 e. The second-order valence-electron chi connectivity index (χ2n) is 6.99. The van der Waals surface area contributed by atoms with E-state index in [9.17, 15) is 4.79 Å². The fourth-order valence-electron chi connectivity index (χ4n) is 3.50. The average molecular weight is 428 g/mol. The van der Waals surface area contributed by atoms with Gasteiger partial charge < -0.3 is 23.5 Å². The number of rotatable bonds is 8. The summed E-state index contributed by atoms with van der Waals surface area (Å²) in [4.78, 5) is 14.3. The molecule has 0 N–H and O–H groups in total. The van der Waals surface area contributed by atoms with E-state index in [1.807, 2.05) is 35.2 Å². The number of hydrogen-bond donors (Lipinski definition) is 0. The van der Waals surface area contributed by atoms with Gasteiger partial charge in [0.05, 0.1) is 19.9 Å². The lowest BCUT2D eigenvalue weighted by Gasteiger charge is -2.18. The Morgan fingerprint density at radius 3 is 2.80 bits per heavy atom. The van der Waals surface area contributed by atoms with E-state index >= 15 is 0 Å². The molecule has 4 rings (SSSR count). The van der Waals surface area contributed by atoms with Gasteiger partial charge in [0, 0.05) is 30.0 Å². The predicted octanol–water partition coefficient (Wildman–Crippen LogP) is 5.13. The van der Waals surface area contributed by atoms with Crippen molar-refractivity contribution in [3.8, 4) is 23.2 Å². The summed E-state index contributed by atoms with van der Waals surface area (Å²) in [5.74, 6) is 2.42. The minimum absolute atomic E-state index is 0.0773. The first kappa shape index (κ1) is 20.2. The summed E-state index contributed by atoms with van der Waals surface area (Å²) in [6.07, 6.45) is 1.99. The van der Waals surface area contributed by atoms with Crippen molar-refractivity contribution in [1.82, 2.24) is 4.90 Å². The number of hydrogen-bond acceptors (Lipinski definition) is 5. The minimum Gasteiger partial charge on any atom is -0.493 e. The molecule has 0 unspecified atom stereocenters. The summed E-state index contributed by atoms with van der Waals surface area (Å²) in [5, 5.41) is 0.622. The van der Waals surface area contributed by atoms with Gasteiger partial charge in [-0.2, -0.15) is 0 Å². The third-order valence-corrected chi connectivity index (χ3v) is 5.24. The zero-order chi connectivity index (χ0) is 20.9. The maximum absolute atomic E-state index is 12.5. The van der Waals surface area contributed by atoms with Gasteiger partial charge in [0.15, 0.2) is 11.5 Å². The van der Waals surface area contributed by atoms with Crippen molar-refractivity contribution in [3.05, 3.63) is 71.4 Å². The smallest absolute Gasteiger partial charge is 0.289 e. The van der Waals surface area contributed by atoms with E-state index < -0.39 is 0 Å². The summed E-state index contributed by atoms with van der Waals surface area (Å²) in [6, 6.07) is 16.4. The van der Waals surface area contributed by atoms with Crippen LogP contribution >= 0.6 is 11.6 Å². The molecule has 2 heterocycles. The maximum atomic E-state index is 12.5. The topological polar surface area (TPSA) is 61.1 Å². The SMILES string of the molecule is COc1ccc([C@@H]2CC(=O)N(CCOc3cccc(Cl)c3)C2)cc1Oc1ccco1. The van der Waals surface area contributed by atoms with E-state index in [4.69, 9.17) is 30.2 Å². The fourth-order valence-corrected chi connectivity index (χ4v) is 3.68. The number of carbonyl (C=O) groups is 1. The second-order valence-corrected chi connectivity index (χ2v) is 7.43. The van der Waals surface area contributed by atoms with Crippen molar-refractivity contribution in [2.24, 2.45) is 0 Å². The van der Waals surface area contributed by atoms with E-state index in [0.29, 0.717) is 54.3 Å². The van der Waals surface area contributed by atoms with Crippen molar-refractivity contribution < 1.29 is 23.4 Å². The van der Waals surface area contributed by atoms with Crippen LogP contribution in [0.15, 0.2) is 65.3 Å². The molecule has 1 aliphatic rings. The number of ether oxygens (including phenoxy) is 3. The van der Waals surface area contributed by atoms with Crippen LogP contribution in [-0.2, 0) is 4.79 Å². The zero-order valence-electron chi connectivity index (χ0n) is 16.5. The number of furan rings is 1. The molecule has 0 bridgehead atoms. The molecule has 1 atom stereocenters. The van der Waals surface area contributed by atoms with E-state index in [1.165, 1.54) is 0 Å². The molecule has 156 valence electrons. The van der Waals surface area contributed by atoms with Crippen molar-refractivity contribution >= 4 is 17.5 Å². The average Bonchev–Trinajstić information content (AvgIpc) is 3.38. The molecular weight excluding hydrogens is 406 g/mol. The number of halogens is 1. The second kappa shape index (κ2) is 9.13. The first-order valence-electron chi connectivity index (χ1n) is 9.68. The number of methoxy groups -OCH3 is 1. The van der Waals surface area contributed by atoms with Crippen LogP contribution in [0.25, 0.3) is 0 Å². The number of carbonyl (C=O) groups excluding carboxylic acids is 1. The molecule has 1 aromatic heterocycles. The molecule has 6 nitrogen and oxygen atoms in total. The highest BCUT2D eigenvalue weighted by Crippen LogP contribution is 2.37. The molecule has 1 saturated heterocycles. The molecular formula is C23H22ClNO5. The van der Waals surface area contributed by atoms with Gasteiger partial charge >= 0.3 is 0 Å². The molecule has 0 spiro atoms. The summed E-state index contributed by atoms with van der Waals surface area (Å²) in [7, 11) is 1.59. The van der Waals surface area contributed by atoms with E-state index in [1.54, 1.807) is 37.6 Å². The van der Waals surface area contributed by atoms with E-state index in [-0.39, 0.29) is 11.8 Å². The molecule has 30 heavy (non-hydrogen) atoms. The minimum atomic E-state index is 0.0773. The molecule has 0 radical (unpaired) electrons. The molecule has 0 saturated carbocycles. The van der Waals surface area contributed by atoms with Crippen LogP contribution in [0.3, 0.4) is 0 Å². The van der Waals surface area contributed by atoms with Crippen LogP contribution in [0.5, 0.6) is 23.2 Å². The highest BCUT2D eigenvalue weighted by molar-refractivity contribution is 6.30. The lowest BCUT2D eigenvalue weighted by molar-refractivity contribution is -0.128. The summed E-state index contributed by atoms with van der Waals surface area (Å²) >= 11 is 5.97. The number of benzene rings is 2. The molecule has 3 aromatic rings. The Labute approximate surface area is 179 Å². The van der Waals surface area contributed by atoms with Crippen LogP contribution in [0.1, 0.15) is 17.9 Å². The van der Waals surface area contributed by atoms with Gasteiger partial charge in [-0.05, 0) is 42.0 Å². The number of amides is 1. The first-order chi connectivity index (χ1) is 14.6. The normalized spacial score (nSPS) is 16.0. The zero-order valence-corrected chi connectivity index (χ0v) is 17.3. The molecule has 2 aromatic carbocycles.